The van der Waals surface area contributed by atoms with Crippen LogP contribution in [-0.4, -0.2) is 15.0 Å². The van der Waals surface area contributed by atoms with Crippen molar-refractivity contribution in [2.24, 2.45) is 0 Å². The third kappa shape index (κ3) is 5.19. The average Bonchev–Trinajstić information content (AvgIpc) is 3.23. The van der Waals surface area contributed by atoms with Gasteiger partial charge in [0.05, 0.1) is 33.6 Å². The van der Waals surface area contributed by atoms with Crippen molar-refractivity contribution in [3.05, 3.63) is 188 Å². The first kappa shape index (κ1) is 29.9. The summed E-state index contributed by atoms with van der Waals surface area (Å²) in [5.74, 6) is 0. The Bertz CT molecular complexity index is 2920. The van der Waals surface area contributed by atoms with Crippen LogP contribution >= 0.6 is 0 Å². The van der Waals surface area contributed by atoms with E-state index in [0.717, 1.165) is 71.9 Å². The third-order valence-electron chi connectivity index (χ3n) is 10.1. The van der Waals surface area contributed by atoms with Crippen molar-refractivity contribution in [1.29, 1.82) is 0 Å². The molecule has 0 saturated carbocycles. The maximum atomic E-state index is 5.34. The molecule has 0 amide bonds. The van der Waals surface area contributed by atoms with Gasteiger partial charge in [0, 0.05) is 43.6 Å². The van der Waals surface area contributed by atoms with Crippen molar-refractivity contribution in [1.82, 2.24) is 15.0 Å². The van der Waals surface area contributed by atoms with Crippen LogP contribution in [0.15, 0.2) is 188 Å². The van der Waals surface area contributed by atoms with Crippen LogP contribution in [0.4, 0.5) is 0 Å². The molecule has 0 atom stereocenters. The van der Waals surface area contributed by atoms with E-state index in [4.69, 9.17) is 15.0 Å². The highest BCUT2D eigenvalue weighted by Gasteiger charge is 2.16. The summed E-state index contributed by atoms with van der Waals surface area (Å²) in [5, 5.41) is 5.54. The Hall–Kier alpha value is -6.97. The van der Waals surface area contributed by atoms with Crippen molar-refractivity contribution < 1.29 is 0 Å². The molecule has 10 rings (SSSR count). The predicted octanol–water partition coefficient (Wildman–Crippen LogP) is 12.8. The lowest BCUT2D eigenvalue weighted by atomic mass is 9.91. The summed E-state index contributed by atoms with van der Waals surface area (Å²) in [6.45, 7) is 0. The molecule has 0 aliphatic carbocycles. The van der Waals surface area contributed by atoms with E-state index in [1.807, 2.05) is 18.2 Å². The molecule has 0 N–H and O–H groups in total. The molecular weight excluding hydrogens is 631 g/mol. The molecule has 0 aliphatic heterocycles. The molecule has 3 heterocycles. The van der Waals surface area contributed by atoms with E-state index in [-0.39, 0.29) is 0 Å². The Labute approximate surface area is 301 Å². The monoisotopic (exact) mass is 661 g/mol. The van der Waals surface area contributed by atoms with Gasteiger partial charge < -0.3 is 0 Å². The van der Waals surface area contributed by atoms with Crippen LogP contribution in [-0.2, 0) is 0 Å². The van der Waals surface area contributed by atoms with Crippen molar-refractivity contribution in [3.63, 3.8) is 0 Å². The van der Waals surface area contributed by atoms with Crippen LogP contribution in [0.3, 0.4) is 0 Å². The second kappa shape index (κ2) is 12.4. The van der Waals surface area contributed by atoms with Crippen LogP contribution in [0.1, 0.15) is 0 Å². The Morgan fingerprint density at radius 1 is 0.308 bits per heavy atom. The fourth-order valence-electron chi connectivity index (χ4n) is 7.44. The highest BCUT2D eigenvalue weighted by molar-refractivity contribution is 6.17. The van der Waals surface area contributed by atoms with Gasteiger partial charge in [-0.2, -0.15) is 0 Å². The topological polar surface area (TPSA) is 38.7 Å². The molecule has 0 spiro atoms. The lowest BCUT2D eigenvalue weighted by Gasteiger charge is -2.15. The van der Waals surface area contributed by atoms with Gasteiger partial charge in [-0.25, -0.2) is 15.0 Å². The molecule has 242 valence electrons. The first-order chi connectivity index (χ1) is 25.8. The van der Waals surface area contributed by atoms with Gasteiger partial charge in [-0.3, -0.25) is 0 Å². The highest BCUT2D eigenvalue weighted by Crippen LogP contribution is 2.40. The van der Waals surface area contributed by atoms with Gasteiger partial charge in [-0.05, 0) is 46.5 Å². The van der Waals surface area contributed by atoms with Gasteiger partial charge in [-0.1, -0.05) is 164 Å². The van der Waals surface area contributed by atoms with E-state index in [2.05, 4.69) is 170 Å². The van der Waals surface area contributed by atoms with E-state index in [0.29, 0.717) is 0 Å². The molecule has 0 aliphatic rings. The van der Waals surface area contributed by atoms with Gasteiger partial charge in [-0.15, -0.1) is 0 Å². The molecule has 0 bridgehead atoms. The van der Waals surface area contributed by atoms with Gasteiger partial charge in [0.15, 0.2) is 0 Å². The largest absolute Gasteiger partial charge is 0.247 e. The molecule has 0 fully saturated rings. The van der Waals surface area contributed by atoms with Gasteiger partial charge in [0.2, 0.25) is 0 Å². The molecular formula is C49H31N3. The Morgan fingerprint density at radius 3 is 1.48 bits per heavy atom. The van der Waals surface area contributed by atoms with Gasteiger partial charge in [0.25, 0.3) is 0 Å². The average molecular weight is 662 g/mol. The van der Waals surface area contributed by atoms with Crippen LogP contribution in [0.25, 0.3) is 99.5 Å². The summed E-state index contributed by atoms with van der Waals surface area (Å²) >= 11 is 0. The molecule has 10 aromatic rings. The first-order valence-corrected chi connectivity index (χ1v) is 17.6. The Balaban J connectivity index is 1.17. The summed E-state index contributed by atoms with van der Waals surface area (Å²) < 4.78 is 0. The Morgan fingerprint density at radius 2 is 0.827 bits per heavy atom. The van der Waals surface area contributed by atoms with Crippen LogP contribution in [0.5, 0.6) is 0 Å². The van der Waals surface area contributed by atoms with E-state index in [9.17, 15) is 0 Å². The maximum Gasteiger partial charge on any atom is 0.0972 e. The summed E-state index contributed by atoms with van der Waals surface area (Å²) in [6, 6.07) is 66.2. The molecule has 0 saturated heterocycles. The van der Waals surface area contributed by atoms with E-state index in [1.165, 1.54) is 27.6 Å². The summed E-state index contributed by atoms with van der Waals surface area (Å²) in [5.41, 5.74) is 13.5. The molecule has 52 heavy (non-hydrogen) atoms. The number of nitrogens with zero attached hydrogens (tertiary/aromatic N) is 3. The van der Waals surface area contributed by atoms with Gasteiger partial charge >= 0.3 is 0 Å². The number of rotatable bonds is 5. The SMILES string of the molecule is c1ccc(-c2ccc(-c3nc4ccc(-c5ccc6ccc7ccc(-c8ccccc8)nc7c6n5)cc4c4c(-c5ccccc5)cccc34)cc2)cc1. The number of pyridine rings is 3. The van der Waals surface area contributed by atoms with Crippen LogP contribution in [0.2, 0.25) is 0 Å². The Kier molecular flexibility index (Phi) is 7.14. The summed E-state index contributed by atoms with van der Waals surface area (Å²) in [6.07, 6.45) is 0. The highest BCUT2D eigenvalue weighted by atomic mass is 14.8. The van der Waals surface area contributed by atoms with Crippen LogP contribution in [0, 0.1) is 0 Å². The van der Waals surface area contributed by atoms with E-state index >= 15 is 0 Å². The second-order valence-corrected chi connectivity index (χ2v) is 13.2. The zero-order valence-corrected chi connectivity index (χ0v) is 28.2. The number of benzene rings is 7. The molecule has 3 aromatic heterocycles. The standard InChI is InChI=1S/C49H31N3/c1-4-11-32(12-5-1)33-19-21-36(22-20-33)47-41-18-10-17-40(34-13-6-2-7-14-34)46(41)42-31-39(27-30-45(42)52-47)44-29-26-38-24-23-37-25-28-43(35-15-8-3-9-16-35)50-48(37)49(38)51-44/h1-31H. The number of hydrogen-bond acceptors (Lipinski definition) is 3. The number of fused-ring (bicyclic) bond motifs is 6. The third-order valence-corrected chi connectivity index (χ3v) is 10.1. The minimum Gasteiger partial charge on any atom is -0.247 e. The van der Waals surface area contributed by atoms with Crippen molar-refractivity contribution >= 4 is 43.5 Å². The minimum atomic E-state index is 0.898. The summed E-state index contributed by atoms with van der Waals surface area (Å²) in [7, 11) is 0. The fraction of sp³-hybridized carbons (Fsp3) is 0. The molecule has 3 nitrogen and oxygen atoms in total. The first-order valence-electron chi connectivity index (χ1n) is 17.6. The van der Waals surface area contributed by atoms with Crippen molar-refractivity contribution in [2.75, 3.05) is 0 Å². The lowest BCUT2D eigenvalue weighted by molar-refractivity contribution is 1.36. The zero-order valence-electron chi connectivity index (χ0n) is 28.2. The predicted molar refractivity (Wildman–Crippen MR) is 217 cm³/mol. The minimum absolute atomic E-state index is 0.898. The van der Waals surface area contributed by atoms with Crippen molar-refractivity contribution in [2.45, 2.75) is 0 Å². The maximum absolute atomic E-state index is 5.34. The summed E-state index contributed by atoms with van der Waals surface area (Å²) in [4.78, 5) is 15.8. The number of aromatic nitrogens is 3. The van der Waals surface area contributed by atoms with E-state index in [1.54, 1.807) is 0 Å². The number of hydrogen-bond donors (Lipinski definition) is 0. The van der Waals surface area contributed by atoms with E-state index < -0.39 is 0 Å². The zero-order chi connectivity index (χ0) is 34.4. The lowest BCUT2D eigenvalue weighted by Crippen LogP contribution is -1.94. The molecule has 0 unspecified atom stereocenters. The smallest absolute Gasteiger partial charge is 0.0972 e. The fourth-order valence-corrected chi connectivity index (χ4v) is 7.44. The second-order valence-electron chi connectivity index (χ2n) is 13.2. The molecule has 7 aromatic carbocycles. The molecule has 0 radical (unpaired) electrons. The van der Waals surface area contributed by atoms with Crippen LogP contribution < -0.4 is 0 Å². The van der Waals surface area contributed by atoms with Gasteiger partial charge in [0.1, 0.15) is 0 Å². The normalized spacial score (nSPS) is 11.5. The van der Waals surface area contributed by atoms with Crippen molar-refractivity contribution in [3.8, 4) is 56.0 Å². The quantitative estimate of drug-likeness (QED) is 0.172. The molecule has 3 heteroatoms.